The van der Waals surface area contributed by atoms with Crippen LogP contribution < -0.4 is 10.4 Å². The number of rotatable bonds is 7. The summed E-state index contributed by atoms with van der Waals surface area (Å²) in [5.41, 5.74) is 0.748. The van der Waals surface area contributed by atoms with Gasteiger partial charge in [0.1, 0.15) is 8.80 Å². The van der Waals surface area contributed by atoms with Gasteiger partial charge in [-0.2, -0.15) is 11.8 Å². The smallest absolute Gasteiger partial charge is 0.112 e. The maximum atomic E-state index is 2.36. The number of benzene rings is 2. The van der Waals surface area contributed by atoms with E-state index in [2.05, 4.69) is 72.4 Å². The Balaban J connectivity index is 1.22. The van der Waals surface area contributed by atoms with Gasteiger partial charge >= 0.3 is 0 Å². The molecule has 2 aromatic rings. The molecular formula is C25H32SSi. The van der Waals surface area contributed by atoms with E-state index >= 15 is 0 Å². The van der Waals surface area contributed by atoms with Gasteiger partial charge < -0.3 is 0 Å². The Morgan fingerprint density at radius 2 is 1.22 bits per heavy atom. The van der Waals surface area contributed by atoms with Crippen molar-refractivity contribution in [2.75, 3.05) is 11.1 Å². The van der Waals surface area contributed by atoms with Crippen molar-refractivity contribution in [2.24, 2.45) is 23.2 Å². The fraction of sp³-hybridized carbons (Fsp3) is 0.520. The third-order valence-corrected chi connectivity index (χ3v) is 12.8. The Morgan fingerprint density at radius 1 is 0.741 bits per heavy atom. The third-order valence-electron chi connectivity index (χ3n) is 7.63. The Hall–Kier alpha value is -0.993. The highest BCUT2D eigenvalue weighted by atomic mass is 32.2. The fourth-order valence-electron chi connectivity index (χ4n) is 6.84. The van der Waals surface area contributed by atoms with Gasteiger partial charge in [-0.1, -0.05) is 71.0 Å². The molecule has 0 aromatic heterocycles. The van der Waals surface area contributed by atoms with Crippen LogP contribution in [-0.4, -0.2) is 19.9 Å². The zero-order valence-electron chi connectivity index (χ0n) is 16.4. The van der Waals surface area contributed by atoms with E-state index in [0.29, 0.717) is 0 Å². The summed E-state index contributed by atoms with van der Waals surface area (Å²) in [7, 11) is -1.10. The minimum Gasteiger partial charge on any atom is -0.165 e. The van der Waals surface area contributed by atoms with Gasteiger partial charge in [-0.3, -0.25) is 0 Å². The van der Waals surface area contributed by atoms with Gasteiger partial charge in [0, 0.05) is 0 Å². The van der Waals surface area contributed by atoms with Crippen molar-refractivity contribution in [3.8, 4) is 0 Å². The molecule has 142 valence electrons. The van der Waals surface area contributed by atoms with Gasteiger partial charge in [0.25, 0.3) is 0 Å². The summed E-state index contributed by atoms with van der Waals surface area (Å²) in [5, 5.41) is 4.55. The van der Waals surface area contributed by atoms with Crippen molar-refractivity contribution in [1.29, 1.82) is 0 Å². The van der Waals surface area contributed by atoms with Gasteiger partial charge in [0.2, 0.25) is 0 Å². The van der Waals surface area contributed by atoms with Gasteiger partial charge in [-0.25, -0.2) is 0 Å². The predicted octanol–water partition coefficient (Wildman–Crippen LogP) is 4.91. The van der Waals surface area contributed by atoms with Crippen LogP contribution >= 0.6 is 11.8 Å². The minimum atomic E-state index is -1.10. The predicted molar refractivity (Wildman–Crippen MR) is 122 cm³/mol. The molecule has 0 N–H and O–H groups in total. The second-order valence-electron chi connectivity index (χ2n) is 9.62. The second-order valence-corrected chi connectivity index (χ2v) is 14.2. The highest BCUT2D eigenvalue weighted by Crippen LogP contribution is 2.61. The molecule has 0 unspecified atom stereocenters. The van der Waals surface area contributed by atoms with Gasteiger partial charge in [-0.15, -0.1) is 0 Å². The molecule has 4 aliphatic rings. The van der Waals surface area contributed by atoms with Crippen molar-refractivity contribution < 1.29 is 0 Å². The first kappa shape index (κ1) is 18.1. The fourth-order valence-corrected chi connectivity index (χ4v) is 12.3. The summed E-state index contributed by atoms with van der Waals surface area (Å²) in [4.78, 5) is 0. The molecule has 0 heterocycles. The van der Waals surface area contributed by atoms with Gasteiger partial charge in [0.05, 0.1) is 0 Å². The molecule has 6 rings (SSSR count). The van der Waals surface area contributed by atoms with Crippen LogP contribution in [0.25, 0.3) is 0 Å². The quantitative estimate of drug-likeness (QED) is 0.477. The Morgan fingerprint density at radius 3 is 1.70 bits per heavy atom. The molecule has 0 amide bonds. The monoisotopic (exact) mass is 392 g/mol. The number of hydrogen-bond acceptors (Lipinski definition) is 1. The van der Waals surface area contributed by atoms with Crippen LogP contribution in [0.4, 0.5) is 0 Å². The topological polar surface area (TPSA) is 0 Å². The normalized spacial score (nSPS) is 31.5. The van der Waals surface area contributed by atoms with Crippen LogP contribution in [0.3, 0.4) is 0 Å². The Bertz CT molecular complexity index is 667. The molecule has 4 fully saturated rings. The van der Waals surface area contributed by atoms with Crippen molar-refractivity contribution in [1.82, 2.24) is 0 Å². The SMILES string of the molecule is c1ccc([SiH](CSCCC23CC4CC(CC(C4)C2)C3)c2ccccc2)cc1. The molecule has 2 heteroatoms. The largest absolute Gasteiger partial charge is 0.165 e. The van der Waals surface area contributed by atoms with Crippen molar-refractivity contribution >= 4 is 30.9 Å². The van der Waals surface area contributed by atoms with Crippen molar-refractivity contribution in [2.45, 2.75) is 44.9 Å². The zero-order valence-corrected chi connectivity index (χ0v) is 18.3. The molecule has 27 heavy (non-hydrogen) atoms. The average molecular weight is 393 g/mol. The van der Waals surface area contributed by atoms with Crippen molar-refractivity contribution in [3.63, 3.8) is 0 Å². The zero-order chi connectivity index (χ0) is 18.1. The number of hydrogen-bond donors (Lipinski definition) is 0. The van der Waals surface area contributed by atoms with Crippen LogP contribution in [0.1, 0.15) is 44.9 Å². The van der Waals surface area contributed by atoms with E-state index in [1.165, 1.54) is 17.5 Å². The van der Waals surface area contributed by atoms with E-state index in [4.69, 9.17) is 0 Å². The van der Waals surface area contributed by atoms with Crippen LogP contribution in [-0.2, 0) is 0 Å². The first-order valence-corrected chi connectivity index (χ1v) is 14.1. The molecule has 2 aromatic carbocycles. The molecular weight excluding hydrogens is 360 g/mol. The Labute approximate surface area is 170 Å². The summed E-state index contributed by atoms with van der Waals surface area (Å²) in [5.74, 6) is 4.67. The lowest BCUT2D eigenvalue weighted by Gasteiger charge is -2.57. The summed E-state index contributed by atoms with van der Waals surface area (Å²) < 4.78 is 0. The molecule has 0 saturated heterocycles. The molecule has 0 atom stereocenters. The van der Waals surface area contributed by atoms with Gasteiger partial charge in [0.15, 0.2) is 0 Å². The van der Waals surface area contributed by atoms with E-state index < -0.39 is 8.80 Å². The first-order chi connectivity index (χ1) is 13.3. The lowest BCUT2D eigenvalue weighted by atomic mass is 9.49. The van der Waals surface area contributed by atoms with Crippen LogP contribution in [0, 0.1) is 23.2 Å². The summed E-state index contributed by atoms with van der Waals surface area (Å²) in [6, 6.07) is 22.6. The molecule has 0 spiro atoms. The lowest BCUT2D eigenvalue weighted by molar-refractivity contribution is -0.0538. The minimum absolute atomic E-state index is 0.748. The standard InChI is InChI=1S/C25H32SSi/c1-3-7-23(8-4-1)27(24-9-5-2-6-10-24)19-26-12-11-25-16-20-13-21(17-25)15-22(14-20)18-25/h1-10,20-22,27H,11-19H2. The number of thioether (sulfide) groups is 1. The highest BCUT2D eigenvalue weighted by molar-refractivity contribution is 8.00. The summed E-state index contributed by atoms with van der Waals surface area (Å²) in [6.45, 7) is 0. The second kappa shape index (κ2) is 7.79. The van der Waals surface area contributed by atoms with E-state index in [9.17, 15) is 0 Å². The third kappa shape index (κ3) is 3.93. The van der Waals surface area contributed by atoms with E-state index in [-0.39, 0.29) is 0 Å². The average Bonchev–Trinajstić information content (AvgIpc) is 2.68. The van der Waals surface area contributed by atoms with E-state index in [0.717, 1.165) is 23.2 Å². The van der Waals surface area contributed by atoms with E-state index in [1.807, 2.05) is 0 Å². The van der Waals surface area contributed by atoms with Crippen LogP contribution in [0.5, 0.6) is 0 Å². The summed E-state index contributed by atoms with van der Waals surface area (Å²) in [6.07, 6.45) is 10.9. The molecule has 0 radical (unpaired) electrons. The molecule has 4 saturated carbocycles. The maximum Gasteiger partial charge on any atom is 0.112 e. The molecule has 4 aliphatic carbocycles. The Kier molecular flexibility index (Phi) is 5.21. The van der Waals surface area contributed by atoms with E-state index in [1.54, 1.807) is 48.9 Å². The molecule has 0 nitrogen and oxygen atoms in total. The maximum absolute atomic E-state index is 2.36. The van der Waals surface area contributed by atoms with Crippen LogP contribution in [0.15, 0.2) is 60.7 Å². The molecule has 0 aliphatic heterocycles. The first-order valence-electron chi connectivity index (χ1n) is 11.0. The highest BCUT2D eigenvalue weighted by Gasteiger charge is 2.50. The van der Waals surface area contributed by atoms with Crippen molar-refractivity contribution in [3.05, 3.63) is 60.7 Å². The molecule has 4 bridgehead atoms. The summed E-state index contributed by atoms with van der Waals surface area (Å²) >= 11 is 2.26. The van der Waals surface area contributed by atoms with Gasteiger partial charge in [-0.05, 0) is 79.2 Å². The lowest BCUT2D eigenvalue weighted by Crippen LogP contribution is -2.46. The van der Waals surface area contributed by atoms with Crippen LogP contribution in [0.2, 0.25) is 0 Å².